The summed E-state index contributed by atoms with van der Waals surface area (Å²) >= 11 is 0. The number of alkyl halides is 4. The lowest BCUT2D eigenvalue weighted by molar-refractivity contribution is -0.0498. The lowest BCUT2D eigenvalue weighted by atomic mass is 9.90. The van der Waals surface area contributed by atoms with E-state index in [0.29, 0.717) is 11.6 Å². The molecule has 13 heteroatoms. The second kappa shape index (κ2) is 9.45. The van der Waals surface area contributed by atoms with Gasteiger partial charge in [-0.2, -0.15) is 17.6 Å². The highest BCUT2D eigenvalue weighted by Crippen LogP contribution is 2.43. The number of aromatic nitrogens is 6. The molecule has 2 aromatic heterocycles. The molecule has 0 aliphatic carbocycles. The van der Waals surface area contributed by atoms with Crippen molar-refractivity contribution in [3.05, 3.63) is 84.1 Å². The van der Waals surface area contributed by atoms with E-state index in [1.807, 2.05) is 0 Å². The van der Waals surface area contributed by atoms with E-state index >= 15 is 8.78 Å². The van der Waals surface area contributed by atoms with E-state index in [-0.39, 0.29) is 11.4 Å². The van der Waals surface area contributed by atoms with Crippen molar-refractivity contribution in [2.24, 2.45) is 0 Å². The van der Waals surface area contributed by atoms with Crippen molar-refractivity contribution in [1.29, 1.82) is 0 Å². The van der Waals surface area contributed by atoms with Crippen LogP contribution in [0.1, 0.15) is 17.2 Å². The van der Waals surface area contributed by atoms with Gasteiger partial charge in [0.05, 0.1) is 30.6 Å². The molecule has 4 rings (SSSR count). The Morgan fingerprint density at radius 1 is 0.971 bits per heavy atom. The van der Waals surface area contributed by atoms with Gasteiger partial charge in [-0.05, 0) is 46.3 Å². The Morgan fingerprint density at radius 3 is 2.32 bits per heavy atom. The van der Waals surface area contributed by atoms with Crippen LogP contribution in [0.3, 0.4) is 0 Å². The zero-order chi connectivity index (χ0) is 24.3. The molecule has 0 saturated carbocycles. The second-order valence-electron chi connectivity index (χ2n) is 7.06. The topological polar surface area (TPSA) is 78.6 Å². The van der Waals surface area contributed by atoms with Crippen LogP contribution in [0, 0.1) is 11.6 Å². The summed E-state index contributed by atoms with van der Waals surface area (Å²) < 4.78 is 88.7. The second-order valence-corrected chi connectivity index (χ2v) is 7.06. The molecule has 0 amide bonds. The molecule has 2 heterocycles. The summed E-state index contributed by atoms with van der Waals surface area (Å²) in [7, 11) is 0. The van der Waals surface area contributed by atoms with Gasteiger partial charge in [-0.1, -0.05) is 6.07 Å². The quantitative estimate of drug-likeness (QED) is 0.344. The Morgan fingerprint density at radius 2 is 1.74 bits per heavy atom. The number of benzene rings is 2. The van der Waals surface area contributed by atoms with E-state index in [2.05, 4.69) is 30.2 Å². The summed E-state index contributed by atoms with van der Waals surface area (Å²) in [5, 5.41) is 10.3. The van der Waals surface area contributed by atoms with E-state index in [9.17, 15) is 17.6 Å². The van der Waals surface area contributed by atoms with Gasteiger partial charge in [0.25, 0.3) is 5.92 Å². The van der Waals surface area contributed by atoms with Crippen LogP contribution >= 0.6 is 0 Å². The van der Waals surface area contributed by atoms with Crippen LogP contribution in [0.2, 0.25) is 0 Å². The van der Waals surface area contributed by atoms with Crippen LogP contribution < -0.4 is 4.74 Å². The zero-order valence-corrected chi connectivity index (χ0v) is 17.0. The summed E-state index contributed by atoms with van der Waals surface area (Å²) in [5.41, 5.74) is -0.620. The minimum Gasteiger partial charge on any atom is -0.435 e. The smallest absolute Gasteiger partial charge is 0.387 e. The fourth-order valence-electron chi connectivity index (χ4n) is 3.28. The SMILES string of the molecule is Fc1ccc(C(Cn2cnnn2)C(F)(F)c2cnc(-c3ccc(OC(F)F)cc3)cn2)c(F)c1. The van der Waals surface area contributed by atoms with Gasteiger partial charge < -0.3 is 4.74 Å². The van der Waals surface area contributed by atoms with E-state index in [4.69, 9.17) is 0 Å². The third-order valence-electron chi connectivity index (χ3n) is 4.91. The lowest BCUT2D eigenvalue weighted by Crippen LogP contribution is -2.30. The first-order valence-corrected chi connectivity index (χ1v) is 9.65. The number of nitrogens with zero attached hydrogens (tertiary/aromatic N) is 6. The van der Waals surface area contributed by atoms with Crippen molar-refractivity contribution < 1.29 is 31.1 Å². The normalized spacial score (nSPS) is 12.7. The molecule has 0 saturated heterocycles. The summed E-state index contributed by atoms with van der Waals surface area (Å²) in [6.07, 6.45) is 2.98. The first-order valence-electron chi connectivity index (χ1n) is 9.65. The van der Waals surface area contributed by atoms with Gasteiger partial charge in [0.15, 0.2) is 0 Å². The predicted molar refractivity (Wildman–Crippen MR) is 105 cm³/mol. The first kappa shape index (κ1) is 23.1. The number of hydrogen-bond acceptors (Lipinski definition) is 6. The van der Waals surface area contributed by atoms with Crippen LogP contribution in [-0.4, -0.2) is 36.8 Å². The Bertz CT molecular complexity index is 1240. The predicted octanol–water partition coefficient (Wildman–Crippen LogP) is 4.59. The van der Waals surface area contributed by atoms with Gasteiger partial charge in [-0.25, -0.2) is 13.5 Å². The summed E-state index contributed by atoms with van der Waals surface area (Å²) in [6.45, 7) is -3.52. The fraction of sp³-hybridized carbons (Fsp3) is 0.190. The Hall–Kier alpha value is -4.03. The van der Waals surface area contributed by atoms with E-state index in [0.717, 1.165) is 35.5 Å². The standard InChI is InChI=1S/C21H14F6N6O/c22-13-3-6-15(17(23)7-13)16(10-33-11-30-31-32-33)21(26,27)19-9-28-18(8-29-19)12-1-4-14(5-2-12)34-20(24)25/h1-9,11,16,20H,10H2. The third kappa shape index (κ3) is 4.97. The minimum absolute atomic E-state index is 0.0818. The van der Waals surface area contributed by atoms with Crippen molar-refractivity contribution in [2.75, 3.05) is 0 Å². The van der Waals surface area contributed by atoms with Gasteiger partial charge in [-0.15, -0.1) is 5.10 Å². The molecule has 34 heavy (non-hydrogen) atoms. The molecule has 0 fully saturated rings. The van der Waals surface area contributed by atoms with Crippen molar-refractivity contribution in [3.8, 4) is 17.0 Å². The van der Waals surface area contributed by atoms with Crippen molar-refractivity contribution in [2.45, 2.75) is 25.0 Å². The lowest BCUT2D eigenvalue weighted by Gasteiger charge is -2.26. The third-order valence-corrected chi connectivity index (χ3v) is 4.91. The maximum atomic E-state index is 15.6. The van der Waals surface area contributed by atoms with Gasteiger partial charge in [0, 0.05) is 11.6 Å². The Kier molecular flexibility index (Phi) is 6.43. The largest absolute Gasteiger partial charge is 0.435 e. The van der Waals surface area contributed by atoms with E-state index in [1.54, 1.807) is 0 Å². The molecule has 0 N–H and O–H groups in total. The molecule has 0 aliphatic rings. The van der Waals surface area contributed by atoms with Crippen LogP contribution in [0.4, 0.5) is 26.3 Å². The monoisotopic (exact) mass is 480 g/mol. The molecule has 7 nitrogen and oxygen atoms in total. The highest BCUT2D eigenvalue weighted by molar-refractivity contribution is 5.59. The Labute approximate surface area is 188 Å². The number of rotatable bonds is 8. The number of ether oxygens (including phenoxy) is 1. The number of hydrogen-bond donors (Lipinski definition) is 0. The van der Waals surface area contributed by atoms with Gasteiger partial charge in [0.1, 0.15) is 29.4 Å². The average Bonchev–Trinajstić information content (AvgIpc) is 3.32. The highest BCUT2D eigenvalue weighted by atomic mass is 19.3. The molecule has 0 bridgehead atoms. The highest BCUT2D eigenvalue weighted by Gasteiger charge is 2.45. The van der Waals surface area contributed by atoms with Crippen molar-refractivity contribution in [1.82, 2.24) is 30.2 Å². The number of halogens is 6. The molecule has 1 atom stereocenters. The zero-order valence-electron chi connectivity index (χ0n) is 17.0. The molecule has 4 aromatic rings. The summed E-state index contributed by atoms with van der Waals surface area (Å²) in [4.78, 5) is 7.78. The van der Waals surface area contributed by atoms with Gasteiger partial charge >= 0.3 is 6.61 Å². The molecular formula is C21H14F6N6O. The Balaban J connectivity index is 1.64. The van der Waals surface area contributed by atoms with Crippen LogP contribution in [0.25, 0.3) is 11.3 Å². The van der Waals surface area contributed by atoms with Crippen LogP contribution in [-0.2, 0) is 12.5 Å². The van der Waals surface area contributed by atoms with Crippen molar-refractivity contribution in [3.63, 3.8) is 0 Å². The molecular weight excluding hydrogens is 466 g/mol. The molecule has 0 aliphatic heterocycles. The summed E-state index contributed by atoms with van der Waals surface area (Å²) in [6, 6.07) is 7.67. The summed E-state index contributed by atoms with van der Waals surface area (Å²) in [5.74, 6) is -7.76. The van der Waals surface area contributed by atoms with Crippen LogP contribution in [0.5, 0.6) is 5.75 Å². The van der Waals surface area contributed by atoms with Gasteiger partial charge in [0.2, 0.25) is 0 Å². The molecule has 2 aromatic carbocycles. The average molecular weight is 480 g/mol. The fourth-order valence-corrected chi connectivity index (χ4v) is 3.28. The van der Waals surface area contributed by atoms with Gasteiger partial charge in [-0.3, -0.25) is 9.97 Å². The van der Waals surface area contributed by atoms with Crippen molar-refractivity contribution >= 4 is 0 Å². The van der Waals surface area contributed by atoms with E-state index < -0.39 is 47.9 Å². The molecule has 0 radical (unpaired) electrons. The number of tetrazole rings is 1. The van der Waals surface area contributed by atoms with E-state index in [1.165, 1.54) is 24.3 Å². The first-order chi connectivity index (χ1) is 16.2. The molecule has 176 valence electrons. The molecule has 0 spiro atoms. The maximum absolute atomic E-state index is 15.6. The van der Waals surface area contributed by atoms with Crippen LogP contribution in [0.15, 0.2) is 61.2 Å². The maximum Gasteiger partial charge on any atom is 0.387 e. The minimum atomic E-state index is -3.76. The molecule has 1 unspecified atom stereocenters.